The van der Waals surface area contributed by atoms with Gasteiger partial charge in [-0.3, -0.25) is 9.52 Å². The van der Waals surface area contributed by atoms with Crippen molar-refractivity contribution in [3.63, 3.8) is 0 Å². The molecule has 128 valence electrons. The first-order valence-electron chi connectivity index (χ1n) is 7.21. The van der Waals surface area contributed by atoms with Gasteiger partial charge in [0.2, 0.25) is 0 Å². The van der Waals surface area contributed by atoms with Gasteiger partial charge in [0.15, 0.2) is 0 Å². The molecule has 0 aliphatic heterocycles. The molecule has 0 saturated carbocycles. The van der Waals surface area contributed by atoms with E-state index in [0.717, 1.165) is 5.56 Å². The van der Waals surface area contributed by atoms with Gasteiger partial charge in [-0.25, -0.2) is 8.42 Å². The maximum absolute atomic E-state index is 12.3. The summed E-state index contributed by atoms with van der Waals surface area (Å²) in [6, 6.07) is 11.7. The maximum Gasteiger partial charge on any atom is 0.320 e. The lowest BCUT2D eigenvalue weighted by molar-refractivity contribution is -0.138. The molecular weight excluding hydrogens is 330 g/mol. The monoisotopic (exact) mass is 349 g/mol. The predicted molar refractivity (Wildman–Crippen MR) is 90.9 cm³/mol. The van der Waals surface area contributed by atoms with Gasteiger partial charge in [0, 0.05) is 12.2 Å². The molecule has 2 rings (SSSR count). The molecule has 2 aromatic carbocycles. The molecule has 0 aromatic heterocycles. The molecule has 0 fully saturated rings. The van der Waals surface area contributed by atoms with Crippen LogP contribution in [0.3, 0.4) is 0 Å². The van der Waals surface area contributed by atoms with Crippen LogP contribution >= 0.6 is 0 Å². The summed E-state index contributed by atoms with van der Waals surface area (Å²) in [7, 11) is -3.70. The van der Waals surface area contributed by atoms with Gasteiger partial charge in [-0.15, -0.1) is 0 Å². The van der Waals surface area contributed by atoms with Crippen molar-refractivity contribution >= 4 is 21.7 Å². The number of hydrogen-bond acceptors (Lipinski definition) is 5. The normalized spacial score (nSPS) is 12.6. The Balaban J connectivity index is 2.10. The number of hydrogen-bond donors (Lipinski definition) is 4. The van der Waals surface area contributed by atoms with E-state index in [0.29, 0.717) is 17.8 Å². The van der Waals surface area contributed by atoms with Crippen LogP contribution in [0.4, 0.5) is 5.69 Å². The van der Waals surface area contributed by atoms with E-state index in [1.807, 2.05) is 0 Å². The fraction of sp³-hybridized carbons (Fsp3) is 0.188. The summed E-state index contributed by atoms with van der Waals surface area (Å²) in [4.78, 5) is 10.9. The highest BCUT2D eigenvalue weighted by Gasteiger charge is 2.15. The average molecular weight is 349 g/mol. The molecule has 2 aromatic rings. The Morgan fingerprint density at radius 2 is 1.58 bits per heavy atom. The molecule has 7 nitrogen and oxygen atoms in total. The van der Waals surface area contributed by atoms with Crippen LogP contribution in [0, 0.1) is 0 Å². The predicted octanol–water partition coefficient (Wildman–Crippen LogP) is 0.901. The number of benzene rings is 2. The Morgan fingerprint density at radius 3 is 2.08 bits per heavy atom. The number of nitrogens with one attached hydrogen (secondary N) is 1. The van der Waals surface area contributed by atoms with E-state index < -0.39 is 22.0 Å². The number of carbonyl (C=O) groups is 1. The molecule has 24 heavy (non-hydrogen) atoms. The second-order valence-corrected chi connectivity index (χ2v) is 6.98. The smallest absolute Gasteiger partial charge is 0.320 e. The van der Waals surface area contributed by atoms with Gasteiger partial charge >= 0.3 is 5.97 Å². The Kier molecular flexibility index (Phi) is 5.55. The minimum Gasteiger partial charge on any atom is -0.480 e. The molecule has 6 N–H and O–H groups in total. The van der Waals surface area contributed by atoms with Crippen LogP contribution < -0.4 is 16.2 Å². The van der Waals surface area contributed by atoms with Crippen molar-refractivity contribution in [2.24, 2.45) is 11.5 Å². The number of sulfonamides is 1. The van der Waals surface area contributed by atoms with E-state index >= 15 is 0 Å². The molecule has 0 bridgehead atoms. The first-order valence-corrected chi connectivity index (χ1v) is 8.69. The number of aliphatic carboxylic acids is 1. The highest BCUT2D eigenvalue weighted by atomic mass is 32.2. The van der Waals surface area contributed by atoms with Crippen molar-refractivity contribution in [3.05, 3.63) is 59.7 Å². The summed E-state index contributed by atoms with van der Waals surface area (Å²) in [5, 5.41) is 8.79. The van der Waals surface area contributed by atoms with E-state index in [9.17, 15) is 13.2 Å². The summed E-state index contributed by atoms with van der Waals surface area (Å²) in [5.74, 6) is -1.08. The summed E-state index contributed by atoms with van der Waals surface area (Å²) < 4.78 is 27.1. The second-order valence-electron chi connectivity index (χ2n) is 5.30. The van der Waals surface area contributed by atoms with Crippen molar-refractivity contribution in [3.8, 4) is 0 Å². The first kappa shape index (κ1) is 17.9. The fourth-order valence-corrected chi connectivity index (χ4v) is 3.13. The molecule has 0 amide bonds. The van der Waals surface area contributed by atoms with Crippen LogP contribution in [0.2, 0.25) is 0 Å². The maximum atomic E-state index is 12.3. The lowest BCUT2D eigenvalue weighted by Gasteiger charge is -2.10. The second kappa shape index (κ2) is 7.43. The third-order valence-corrected chi connectivity index (χ3v) is 4.85. The highest BCUT2D eigenvalue weighted by molar-refractivity contribution is 7.92. The van der Waals surface area contributed by atoms with Gasteiger partial charge in [-0.05, 0) is 41.8 Å². The lowest BCUT2D eigenvalue weighted by atomic mass is 10.1. The summed E-state index contributed by atoms with van der Waals surface area (Å²) in [6.45, 7) is 0.341. The number of rotatable bonds is 7. The van der Waals surface area contributed by atoms with E-state index in [4.69, 9.17) is 16.6 Å². The topological polar surface area (TPSA) is 136 Å². The van der Waals surface area contributed by atoms with Crippen molar-refractivity contribution in [1.29, 1.82) is 0 Å². The zero-order valence-corrected chi connectivity index (χ0v) is 13.7. The van der Waals surface area contributed by atoms with Crippen LogP contribution in [0.1, 0.15) is 11.1 Å². The molecule has 8 heteroatoms. The SMILES string of the molecule is NCc1ccc(S(=O)(=O)Nc2ccc(C[C@H](N)C(=O)O)cc2)cc1. The van der Waals surface area contributed by atoms with Crippen molar-refractivity contribution < 1.29 is 18.3 Å². The molecule has 0 spiro atoms. The van der Waals surface area contributed by atoms with Crippen LogP contribution in [0.5, 0.6) is 0 Å². The third-order valence-electron chi connectivity index (χ3n) is 3.45. The summed E-state index contributed by atoms with van der Waals surface area (Å²) >= 11 is 0. The number of carboxylic acids is 1. The Morgan fingerprint density at radius 1 is 1.04 bits per heavy atom. The Hall–Kier alpha value is -2.42. The van der Waals surface area contributed by atoms with Crippen molar-refractivity contribution in [1.82, 2.24) is 0 Å². The van der Waals surface area contributed by atoms with Gasteiger partial charge in [0.25, 0.3) is 10.0 Å². The molecular formula is C16H19N3O4S. The third kappa shape index (κ3) is 4.54. The molecule has 0 aliphatic carbocycles. The van der Waals surface area contributed by atoms with Crippen LogP contribution in [0.25, 0.3) is 0 Å². The molecule has 0 heterocycles. The fourth-order valence-electron chi connectivity index (χ4n) is 2.07. The van der Waals surface area contributed by atoms with Crippen LogP contribution in [0.15, 0.2) is 53.4 Å². The molecule has 0 unspecified atom stereocenters. The van der Waals surface area contributed by atoms with E-state index in [1.165, 1.54) is 12.1 Å². The van der Waals surface area contributed by atoms with Crippen LogP contribution in [-0.2, 0) is 27.8 Å². The van der Waals surface area contributed by atoms with E-state index in [1.54, 1.807) is 36.4 Å². The lowest BCUT2D eigenvalue weighted by Crippen LogP contribution is -2.32. The molecule has 0 saturated heterocycles. The van der Waals surface area contributed by atoms with Gasteiger partial charge in [0.1, 0.15) is 6.04 Å². The summed E-state index contributed by atoms with van der Waals surface area (Å²) in [5.41, 5.74) is 12.9. The molecule has 0 radical (unpaired) electrons. The zero-order chi connectivity index (χ0) is 17.7. The molecule has 1 atom stereocenters. The highest BCUT2D eigenvalue weighted by Crippen LogP contribution is 2.17. The van der Waals surface area contributed by atoms with Gasteiger partial charge in [0.05, 0.1) is 4.90 Å². The van der Waals surface area contributed by atoms with Crippen molar-refractivity contribution in [2.45, 2.75) is 23.9 Å². The van der Waals surface area contributed by atoms with E-state index in [2.05, 4.69) is 4.72 Å². The number of anilines is 1. The zero-order valence-electron chi connectivity index (χ0n) is 12.8. The van der Waals surface area contributed by atoms with Crippen LogP contribution in [-0.4, -0.2) is 25.5 Å². The number of nitrogens with two attached hydrogens (primary N) is 2. The Bertz CT molecular complexity index is 802. The summed E-state index contributed by atoms with van der Waals surface area (Å²) in [6.07, 6.45) is 0.170. The minimum absolute atomic E-state index is 0.136. The van der Waals surface area contributed by atoms with Crippen molar-refractivity contribution in [2.75, 3.05) is 4.72 Å². The standard InChI is InChI=1S/C16H19N3O4S/c17-10-12-3-7-14(8-4-12)24(22,23)19-13-5-1-11(2-6-13)9-15(18)16(20)21/h1-8,15,19H,9-10,17-18H2,(H,20,21)/t15-/m0/s1. The first-order chi connectivity index (χ1) is 11.3. The minimum atomic E-state index is -3.70. The van der Waals surface area contributed by atoms with Gasteiger partial charge in [-0.1, -0.05) is 24.3 Å². The largest absolute Gasteiger partial charge is 0.480 e. The van der Waals surface area contributed by atoms with Gasteiger partial charge in [-0.2, -0.15) is 0 Å². The van der Waals surface area contributed by atoms with E-state index in [-0.39, 0.29) is 11.3 Å². The quantitative estimate of drug-likeness (QED) is 0.586. The Labute approximate surface area is 140 Å². The van der Waals surface area contributed by atoms with Gasteiger partial charge < -0.3 is 16.6 Å². The average Bonchev–Trinajstić information content (AvgIpc) is 2.56. The number of carboxylic acid groups (broad SMARTS) is 1. The molecule has 0 aliphatic rings.